The Kier molecular flexibility index (Phi) is 7.59. The predicted octanol–water partition coefficient (Wildman–Crippen LogP) is 4.01. The first-order valence-electron chi connectivity index (χ1n) is 8.43. The van der Waals surface area contributed by atoms with E-state index in [0.29, 0.717) is 16.6 Å². The van der Waals surface area contributed by atoms with E-state index in [2.05, 4.69) is 34.6 Å². The first kappa shape index (κ1) is 19.6. The minimum Gasteiger partial charge on any atom is -0.361 e. The molecule has 1 heterocycles. The highest BCUT2D eigenvalue weighted by Crippen LogP contribution is 2.19. The van der Waals surface area contributed by atoms with E-state index >= 15 is 0 Å². The van der Waals surface area contributed by atoms with Crippen LogP contribution in [0.5, 0.6) is 0 Å². The first-order valence-corrected chi connectivity index (χ1v) is 9.18. The van der Waals surface area contributed by atoms with Gasteiger partial charge in [-0.2, -0.15) is 0 Å². The largest absolute Gasteiger partial charge is 0.361 e. The number of aryl methyl sites for hydroxylation is 2. The molecule has 2 N–H and O–H groups in total. The lowest BCUT2D eigenvalue weighted by Gasteiger charge is -2.12. The van der Waals surface area contributed by atoms with Crippen LogP contribution >= 0.6 is 23.2 Å². The van der Waals surface area contributed by atoms with E-state index in [1.165, 1.54) is 0 Å². The van der Waals surface area contributed by atoms with Gasteiger partial charge in [0.1, 0.15) is 5.76 Å². The molecule has 136 valence electrons. The van der Waals surface area contributed by atoms with Gasteiger partial charge < -0.3 is 15.2 Å². The Morgan fingerprint density at radius 3 is 2.44 bits per heavy atom. The second-order valence-electron chi connectivity index (χ2n) is 5.62. The van der Waals surface area contributed by atoms with Crippen LogP contribution in [0.1, 0.15) is 36.4 Å². The Morgan fingerprint density at radius 2 is 1.84 bits per heavy atom. The van der Waals surface area contributed by atoms with Gasteiger partial charge in [0.05, 0.1) is 5.69 Å². The third kappa shape index (κ3) is 5.65. The highest BCUT2D eigenvalue weighted by Gasteiger charge is 2.13. The normalized spacial score (nSPS) is 11.6. The maximum absolute atomic E-state index is 6.03. The summed E-state index contributed by atoms with van der Waals surface area (Å²) in [5.41, 5.74) is 3.20. The van der Waals surface area contributed by atoms with Crippen LogP contribution in [-0.4, -0.2) is 24.7 Å². The van der Waals surface area contributed by atoms with Crippen molar-refractivity contribution < 1.29 is 4.52 Å². The summed E-state index contributed by atoms with van der Waals surface area (Å²) in [6, 6.07) is 5.57. The van der Waals surface area contributed by atoms with Gasteiger partial charge in [-0.1, -0.05) is 42.2 Å². The molecule has 0 unspecified atom stereocenters. The van der Waals surface area contributed by atoms with Crippen LogP contribution < -0.4 is 10.6 Å². The number of halogens is 2. The van der Waals surface area contributed by atoms with Gasteiger partial charge >= 0.3 is 0 Å². The van der Waals surface area contributed by atoms with E-state index in [1.807, 2.05) is 12.1 Å². The Labute approximate surface area is 158 Å². The van der Waals surface area contributed by atoms with Crippen molar-refractivity contribution in [3.05, 3.63) is 50.8 Å². The van der Waals surface area contributed by atoms with Crippen molar-refractivity contribution in [2.24, 2.45) is 4.99 Å². The van der Waals surface area contributed by atoms with Gasteiger partial charge in [0, 0.05) is 42.2 Å². The summed E-state index contributed by atoms with van der Waals surface area (Å²) in [4.78, 5) is 4.26. The molecule has 5 nitrogen and oxygen atoms in total. The van der Waals surface area contributed by atoms with Crippen molar-refractivity contribution in [1.82, 2.24) is 15.8 Å². The van der Waals surface area contributed by atoms with Gasteiger partial charge in [-0.25, -0.2) is 0 Å². The molecule has 0 amide bonds. The summed E-state index contributed by atoms with van der Waals surface area (Å²) in [6.07, 6.45) is 2.47. The molecule has 0 radical (unpaired) electrons. The standard InChI is InChI=1S/C18H24Cl2N4O/c1-4-16-15(17(5-2)25-24-16)11-23-18(21-3)22-7-6-12-8-13(19)10-14(20)9-12/h8-10H,4-7,11H2,1-3H3,(H2,21,22,23). The van der Waals surface area contributed by atoms with Gasteiger partial charge in [0.25, 0.3) is 0 Å². The minimum atomic E-state index is 0.637. The van der Waals surface area contributed by atoms with Crippen molar-refractivity contribution in [2.75, 3.05) is 13.6 Å². The molecule has 1 aromatic carbocycles. The molecule has 2 rings (SSSR count). The van der Waals surface area contributed by atoms with Crippen LogP contribution in [0.15, 0.2) is 27.7 Å². The monoisotopic (exact) mass is 382 g/mol. The van der Waals surface area contributed by atoms with E-state index in [1.54, 1.807) is 13.1 Å². The molecule has 0 saturated heterocycles. The summed E-state index contributed by atoms with van der Waals surface area (Å²) >= 11 is 12.1. The summed E-state index contributed by atoms with van der Waals surface area (Å²) in [5.74, 6) is 1.66. The third-order valence-corrected chi connectivity index (χ3v) is 4.33. The quantitative estimate of drug-likeness (QED) is 0.560. The molecule has 1 aromatic heterocycles. The number of rotatable bonds is 7. The number of nitrogens with zero attached hydrogens (tertiary/aromatic N) is 2. The van der Waals surface area contributed by atoms with Gasteiger partial charge in [0.15, 0.2) is 5.96 Å². The molecular formula is C18H24Cl2N4O. The SMILES string of the molecule is CCc1noc(CC)c1CNC(=NC)NCCc1cc(Cl)cc(Cl)c1. The molecule has 0 aliphatic heterocycles. The number of aliphatic imine (C=N–C) groups is 1. The zero-order valence-electron chi connectivity index (χ0n) is 14.8. The summed E-state index contributed by atoms with van der Waals surface area (Å²) in [5, 5.41) is 12.0. The Balaban J connectivity index is 1.88. The van der Waals surface area contributed by atoms with E-state index < -0.39 is 0 Å². The number of guanidine groups is 1. The highest BCUT2D eigenvalue weighted by molar-refractivity contribution is 6.34. The molecule has 0 aliphatic rings. The van der Waals surface area contributed by atoms with Crippen LogP contribution in [-0.2, 0) is 25.8 Å². The number of aromatic nitrogens is 1. The lowest BCUT2D eigenvalue weighted by Crippen LogP contribution is -2.38. The molecule has 25 heavy (non-hydrogen) atoms. The second-order valence-corrected chi connectivity index (χ2v) is 6.49. The van der Waals surface area contributed by atoms with Crippen molar-refractivity contribution in [3.63, 3.8) is 0 Å². The molecule has 0 fully saturated rings. The molecule has 2 aromatic rings. The summed E-state index contributed by atoms with van der Waals surface area (Å²) < 4.78 is 5.39. The maximum Gasteiger partial charge on any atom is 0.191 e. The fraction of sp³-hybridized carbons (Fsp3) is 0.444. The van der Waals surface area contributed by atoms with Crippen molar-refractivity contribution >= 4 is 29.2 Å². The Morgan fingerprint density at radius 1 is 1.12 bits per heavy atom. The Hall–Kier alpha value is -1.72. The van der Waals surface area contributed by atoms with Crippen molar-refractivity contribution in [1.29, 1.82) is 0 Å². The molecule has 0 saturated carbocycles. The van der Waals surface area contributed by atoms with Gasteiger partial charge in [0.2, 0.25) is 0 Å². The lowest BCUT2D eigenvalue weighted by atomic mass is 10.1. The van der Waals surface area contributed by atoms with Crippen molar-refractivity contribution in [3.8, 4) is 0 Å². The fourth-order valence-corrected chi connectivity index (χ4v) is 3.18. The molecule has 7 heteroatoms. The minimum absolute atomic E-state index is 0.637. The summed E-state index contributed by atoms with van der Waals surface area (Å²) in [6.45, 7) is 5.50. The maximum atomic E-state index is 6.03. The predicted molar refractivity (Wildman–Crippen MR) is 104 cm³/mol. The van der Waals surface area contributed by atoms with E-state index in [0.717, 1.165) is 54.3 Å². The number of benzene rings is 1. The van der Waals surface area contributed by atoms with E-state index in [-0.39, 0.29) is 0 Å². The van der Waals surface area contributed by atoms with E-state index in [9.17, 15) is 0 Å². The van der Waals surface area contributed by atoms with Crippen LogP contribution in [0.25, 0.3) is 0 Å². The fourth-order valence-electron chi connectivity index (χ4n) is 2.61. The average molecular weight is 383 g/mol. The average Bonchev–Trinajstić information content (AvgIpc) is 2.99. The van der Waals surface area contributed by atoms with Gasteiger partial charge in [-0.05, 0) is 36.6 Å². The van der Waals surface area contributed by atoms with Crippen LogP contribution in [0.2, 0.25) is 10.0 Å². The lowest BCUT2D eigenvalue weighted by molar-refractivity contribution is 0.380. The first-order chi connectivity index (χ1) is 12.1. The van der Waals surface area contributed by atoms with Gasteiger partial charge in [-0.15, -0.1) is 0 Å². The number of hydrogen-bond donors (Lipinski definition) is 2. The molecule has 0 bridgehead atoms. The molecule has 0 spiro atoms. The van der Waals surface area contributed by atoms with Crippen LogP contribution in [0.4, 0.5) is 0 Å². The second kappa shape index (κ2) is 9.68. The van der Waals surface area contributed by atoms with Crippen LogP contribution in [0, 0.1) is 0 Å². The summed E-state index contributed by atoms with van der Waals surface area (Å²) in [7, 11) is 1.75. The van der Waals surface area contributed by atoms with E-state index in [4.69, 9.17) is 27.7 Å². The third-order valence-electron chi connectivity index (χ3n) is 3.89. The van der Waals surface area contributed by atoms with Crippen LogP contribution in [0.3, 0.4) is 0 Å². The Bertz CT molecular complexity index is 686. The zero-order valence-corrected chi connectivity index (χ0v) is 16.3. The molecular weight excluding hydrogens is 359 g/mol. The highest BCUT2D eigenvalue weighted by atomic mass is 35.5. The molecule has 0 aliphatic carbocycles. The topological polar surface area (TPSA) is 62.5 Å². The number of hydrogen-bond acceptors (Lipinski definition) is 3. The zero-order chi connectivity index (χ0) is 18.2. The van der Waals surface area contributed by atoms with Crippen molar-refractivity contribution in [2.45, 2.75) is 39.7 Å². The van der Waals surface area contributed by atoms with Gasteiger partial charge in [-0.3, -0.25) is 4.99 Å². The number of nitrogens with one attached hydrogen (secondary N) is 2. The smallest absolute Gasteiger partial charge is 0.191 e. The molecule has 0 atom stereocenters.